The smallest absolute Gasteiger partial charge is 0.294 e. The lowest BCUT2D eigenvalue weighted by Crippen LogP contribution is -2.55. The molecule has 1 aromatic carbocycles. The molecule has 0 aromatic heterocycles. The van der Waals surface area contributed by atoms with E-state index in [9.17, 15) is 19.7 Å². The number of amides is 2. The SMILES string of the molecule is O=C(CCCCO[N+](=O)[O-])N1CC(=O)N2CCc3ccccc3C2C1. The summed E-state index contributed by atoms with van der Waals surface area (Å²) < 4.78 is 0. The molecule has 1 aromatic rings. The topological polar surface area (TPSA) is 93.0 Å². The summed E-state index contributed by atoms with van der Waals surface area (Å²) in [6, 6.07) is 7.99. The minimum absolute atomic E-state index is 0.0109. The minimum atomic E-state index is -0.833. The monoisotopic (exact) mass is 347 g/mol. The third kappa shape index (κ3) is 3.89. The fraction of sp³-hybridized carbons (Fsp3) is 0.529. The zero-order chi connectivity index (χ0) is 17.8. The van der Waals surface area contributed by atoms with Crippen LogP contribution in [0.2, 0.25) is 0 Å². The molecule has 2 aliphatic rings. The largest absolute Gasteiger partial charge is 0.332 e. The molecule has 1 saturated heterocycles. The van der Waals surface area contributed by atoms with Crippen LogP contribution < -0.4 is 0 Å². The van der Waals surface area contributed by atoms with Gasteiger partial charge in [-0.15, -0.1) is 10.1 Å². The summed E-state index contributed by atoms with van der Waals surface area (Å²) in [5, 5.41) is 9.25. The average Bonchev–Trinajstić information content (AvgIpc) is 2.60. The second-order valence-electron chi connectivity index (χ2n) is 6.34. The van der Waals surface area contributed by atoms with Crippen molar-refractivity contribution in [2.75, 3.05) is 26.2 Å². The normalized spacial score (nSPS) is 19.2. The van der Waals surface area contributed by atoms with Gasteiger partial charge >= 0.3 is 0 Å². The number of nitrogens with zero attached hydrogens (tertiary/aromatic N) is 3. The van der Waals surface area contributed by atoms with Crippen molar-refractivity contribution in [2.24, 2.45) is 0 Å². The van der Waals surface area contributed by atoms with Crippen molar-refractivity contribution in [1.82, 2.24) is 9.80 Å². The Morgan fingerprint density at radius 3 is 2.92 bits per heavy atom. The molecule has 2 heterocycles. The molecule has 2 aliphatic heterocycles. The molecule has 0 saturated carbocycles. The van der Waals surface area contributed by atoms with Crippen molar-refractivity contribution in [3.05, 3.63) is 45.5 Å². The van der Waals surface area contributed by atoms with Crippen LogP contribution in [0.1, 0.15) is 36.4 Å². The summed E-state index contributed by atoms with van der Waals surface area (Å²) in [5.41, 5.74) is 2.36. The van der Waals surface area contributed by atoms with Gasteiger partial charge in [-0.3, -0.25) is 9.59 Å². The van der Waals surface area contributed by atoms with Crippen LogP contribution in [0.5, 0.6) is 0 Å². The van der Waals surface area contributed by atoms with Gasteiger partial charge in [0.2, 0.25) is 11.8 Å². The Balaban J connectivity index is 1.59. The first kappa shape index (κ1) is 17.2. The van der Waals surface area contributed by atoms with Crippen molar-refractivity contribution in [2.45, 2.75) is 31.7 Å². The maximum atomic E-state index is 12.4. The molecule has 1 atom stereocenters. The van der Waals surface area contributed by atoms with Crippen LogP contribution in [0.4, 0.5) is 0 Å². The van der Waals surface area contributed by atoms with Crippen molar-refractivity contribution in [3.8, 4) is 0 Å². The molecule has 0 radical (unpaired) electrons. The Bertz CT molecular complexity index is 678. The number of rotatable bonds is 6. The summed E-state index contributed by atoms with van der Waals surface area (Å²) in [5.74, 6) is -0.104. The number of hydrogen-bond acceptors (Lipinski definition) is 5. The van der Waals surface area contributed by atoms with Crippen molar-refractivity contribution in [3.63, 3.8) is 0 Å². The van der Waals surface area contributed by atoms with Gasteiger partial charge in [0, 0.05) is 19.5 Å². The predicted molar refractivity (Wildman–Crippen MR) is 88.0 cm³/mol. The van der Waals surface area contributed by atoms with Crippen molar-refractivity contribution < 1.29 is 19.5 Å². The van der Waals surface area contributed by atoms with Crippen molar-refractivity contribution in [1.29, 1.82) is 0 Å². The van der Waals surface area contributed by atoms with Gasteiger partial charge in [0.05, 0.1) is 19.2 Å². The van der Waals surface area contributed by atoms with Crippen LogP contribution in [-0.2, 0) is 20.8 Å². The third-order valence-electron chi connectivity index (χ3n) is 4.79. The fourth-order valence-electron chi connectivity index (χ4n) is 3.54. The molecule has 1 unspecified atom stereocenters. The summed E-state index contributed by atoms with van der Waals surface area (Å²) in [7, 11) is 0. The average molecular weight is 347 g/mol. The number of piperazine rings is 1. The lowest BCUT2D eigenvalue weighted by Gasteiger charge is -2.44. The van der Waals surface area contributed by atoms with Gasteiger partial charge in [0.25, 0.3) is 5.09 Å². The number of carbonyl (C=O) groups excluding carboxylic acids is 2. The van der Waals surface area contributed by atoms with Crippen LogP contribution in [-0.4, -0.2) is 52.9 Å². The van der Waals surface area contributed by atoms with Crippen LogP contribution in [0, 0.1) is 10.1 Å². The summed E-state index contributed by atoms with van der Waals surface area (Å²) in [6.45, 7) is 1.31. The van der Waals surface area contributed by atoms with Gasteiger partial charge < -0.3 is 14.6 Å². The van der Waals surface area contributed by atoms with Gasteiger partial charge in [0.1, 0.15) is 0 Å². The molecule has 1 fully saturated rings. The highest BCUT2D eigenvalue weighted by atomic mass is 16.9. The van der Waals surface area contributed by atoms with E-state index in [4.69, 9.17) is 0 Å². The van der Waals surface area contributed by atoms with E-state index in [-0.39, 0.29) is 37.4 Å². The van der Waals surface area contributed by atoms with E-state index >= 15 is 0 Å². The quantitative estimate of drug-likeness (QED) is 0.440. The molecular weight excluding hydrogens is 326 g/mol. The van der Waals surface area contributed by atoms with Crippen LogP contribution in [0.25, 0.3) is 0 Å². The standard InChI is InChI=1S/C17H21N3O5/c21-16(7-3-4-10-25-20(23)24)18-11-15-14-6-2-1-5-13(14)8-9-19(15)17(22)12-18/h1-2,5-6,15H,3-4,7-12H2. The Hall–Kier alpha value is -2.64. The molecule has 8 nitrogen and oxygen atoms in total. The highest BCUT2D eigenvalue weighted by Crippen LogP contribution is 2.33. The maximum Gasteiger partial charge on any atom is 0.294 e. The van der Waals surface area contributed by atoms with Gasteiger partial charge in [-0.05, 0) is 30.4 Å². The zero-order valence-electron chi connectivity index (χ0n) is 13.9. The number of carbonyl (C=O) groups is 2. The zero-order valence-corrected chi connectivity index (χ0v) is 13.9. The molecule has 2 amide bonds. The number of hydrogen-bond donors (Lipinski definition) is 0. The lowest BCUT2D eigenvalue weighted by molar-refractivity contribution is -0.757. The summed E-state index contributed by atoms with van der Waals surface area (Å²) in [4.78, 5) is 42.6. The minimum Gasteiger partial charge on any atom is -0.332 e. The van der Waals surface area contributed by atoms with Crippen molar-refractivity contribution >= 4 is 11.8 Å². The first-order chi connectivity index (χ1) is 12.1. The molecular formula is C17H21N3O5. The first-order valence-corrected chi connectivity index (χ1v) is 8.48. The number of fused-ring (bicyclic) bond motifs is 3. The summed E-state index contributed by atoms with van der Waals surface area (Å²) >= 11 is 0. The third-order valence-corrected chi connectivity index (χ3v) is 4.79. The van der Waals surface area contributed by atoms with Gasteiger partial charge in [-0.25, -0.2) is 0 Å². The van der Waals surface area contributed by atoms with Gasteiger partial charge in [-0.2, -0.15) is 0 Å². The van der Waals surface area contributed by atoms with Gasteiger partial charge in [-0.1, -0.05) is 24.3 Å². The van der Waals surface area contributed by atoms with Crippen LogP contribution >= 0.6 is 0 Å². The fourth-order valence-corrected chi connectivity index (χ4v) is 3.54. The Labute approximate surface area is 145 Å². The lowest BCUT2D eigenvalue weighted by atomic mass is 9.90. The molecule has 0 N–H and O–H groups in total. The van der Waals surface area contributed by atoms with E-state index in [1.807, 2.05) is 23.1 Å². The van der Waals surface area contributed by atoms with E-state index in [1.165, 1.54) is 5.56 Å². The number of unbranched alkanes of at least 4 members (excludes halogenated alkanes) is 1. The maximum absolute atomic E-state index is 12.4. The summed E-state index contributed by atoms with van der Waals surface area (Å²) in [6.07, 6.45) is 2.06. The predicted octanol–water partition coefficient (Wildman–Crippen LogP) is 1.33. The van der Waals surface area contributed by atoms with Crippen LogP contribution in [0.15, 0.2) is 24.3 Å². The van der Waals surface area contributed by atoms with E-state index in [2.05, 4.69) is 10.9 Å². The number of benzene rings is 1. The van der Waals surface area contributed by atoms with E-state index < -0.39 is 5.09 Å². The molecule has 8 heteroatoms. The van der Waals surface area contributed by atoms with E-state index in [0.717, 1.165) is 12.0 Å². The first-order valence-electron chi connectivity index (χ1n) is 8.48. The highest BCUT2D eigenvalue weighted by Gasteiger charge is 2.38. The van der Waals surface area contributed by atoms with E-state index in [0.29, 0.717) is 25.9 Å². The Kier molecular flexibility index (Phi) is 5.16. The Morgan fingerprint density at radius 2 is 2.12 bits per heavy atom. The molecule has 0 spiro atoms. The second-order valence-corrected chi connectivity index (χ2v) is 6.34. The highest BCUT2D eigenvalue weighted by molar-refractivity contribution is 5.86. The Morgan fingerprint density at radius 1 is 1.32 bits per heavy atom. The molecule has 25 heavy (non-hydrogen) atoms. The molecule has 134 valence electrons. The van der Waals surface area contributed by atoms with Gasteiger partial charge in [0.15, 0.2) is 0 Å². The molecule has 0 aliphatic carbocycles. The van der Waals surface area contributed by atoms with E-state index in [1.54, 1.807) is 4.90 Å². The van der Waals surface area contributed by atoms with Crippen LogP contribution in [0.3, 0.4) is 0 Å². The second kappa shape index (κ2) is 7.50. The molecule has 3 rings (SSSR count). The molecule has 0 bridgehead atoms.